The summed E-state index contributed by atoms with van der Waals surface area (Å²) >= 11 is 0. The van der Waals surface area contributed by atoms with Crippen LogP contribution in [-0.2, 0) is 6.54 Å². The summed E-state index contributed by atoms with van der Waals surface area (Å²) in [4.78, 5) is 19.1. The molecule has 0 atom stereocenters. The Kier molecular flexibility index (Phi) is 5.18. The zero-order chi connectivity index (χ0) is 17.8. The Morgan fingerprint density at radius 2 is 1.96 bits per heavy atom. The monoisotopic (exact) mass is 353 g/mol. The highest BCUT2D eigenvalue weighted by Crippen LogP contribution is 2.23. The molecule has 3 heterocycles. The number of anilines is 1. The topological polar surface area (TPSA) is 63.1 Å². The van der Waals surface area contributed by atoms with E-state index in [1.54, 1.807) is 6.20 Å². The van der Waals surface area contributed by atoms with E-state index in [0.29, 0.717) is 17.5 Å². The molecule has 1 saturated carbocycles. The molecular weight excluding hydrogens is 326 g/mol. The first-order valence-electron chi connectivity index (χ1n) is 9.77. The minimum atomic E-state index is 0.0995. The smallest absolute Gasteiger partial charge is 0.255 e. The molecule has 0 radical (unpaired) electrons. The van der Waals surface area contributed by atoms with Crippen molar-refractivity contribution >= 4 is 11.7 Å². The third-order valence-electron chi connectivity index (χ3n) is 5.62. The van der Waals surface area contributed by atoms with E-state index in [9.17, 15) is 4.79 Å². The van der Waals surface area contributed by atoms with Crippen molar-refractivity contribution in [2.45, 2.75) is 51.1 Å². The molecule has 0 aromatic carbocycles. The average Bonchev–Trinajstić information content (AvgIpc) is 3.37. The summed E-state index contributed by atoms with van der Waals surface area (Å²) in [5.41, 5.74) is 0.687. The molecule has 0 spiro atoms. The van der Waals surface area contributed by atoms with Gasteiger partial charge in [-0.3, -0.25) is 9.48 Å². The Labute approximate surface area is 154 Å². The molecule has 6 nitrogen and oxygen atoms in total. The number of piperidine rings is 1. The summed E-state index contributed by atoms with van der Waals surface area (Å²) in [6, 6.07) is 6.34. The first kappa shape index (κ1) is 17.1. The number of carbonyl (C=O) groups excluding carboxylic acids is 1. The van der Waals surface area contributed by atoms with Gasteiger partial charge >= 0.3 is 0 Å². The SMILES string of the molecule is O=C(c1ccc(NC2CCCC2)nc1)N1CCC(Cn2cccn2)CC1. The largest absolute Gasteiger partial charge is 0.367 e. The van der Waals surface area contributed by atoms with Gasteiger partial charge in [-0.25, -0.2) is 4.98 Å². The number of nitrogens with one attached hydrogen (secondary N) is 1. The molecule has 138 valence electrons. The predicted octanol–water partition coefficient (Wildman–Crippen LogP) is 3.19. The third-order valence-corrected chi connectivity index (χ3v) is 5.62. The summed E-state index contributed by atoms with van der Waals surface area (Å²) in [6.07, 6.45) is 12.6. The zero-order valence-corrected chi connectivity index (χ0v) is 15.2. The van der Waals surface area contributed by atoms with Crippen LogP contribution in [-0.4, -0.2) is 44.7 Å². The molecule has 1 aliphatic carbocycles. The van der Waals surface area contributed by atoms with Crippen LogP contribution in [0.5, 0.6) is 0 Å². The van der Waals surface area contributed by atoms with Gasteiger partial charge in [-0.15, -0.1) is 0 Å². The van der Waals surface area contributed by atoms with Crippen molar-refractivity contribution in [2.24, 2.45) is 5.92 Å². The van der Waals surface area contributed by atoms with Crippen LogP contribution < -0.4 is 5.32 Å². The van der Waals surface area contributed by atoms with E-state index in [4.69, 9.17) is 0 Å². The predicted molar refractivity (Wildman–Crippen MR) is 101 cm³/mol. The molecule has 1 amide bonds. The Balaban J connectivity index is 1.29. The molecule has 1 saturated heterocycles. The highest BCUT2D eigenvalue weighted by atomic mass is 16.2. The number of nitrogens with zero attached hydrogens (tertiary/aromatic N) is 4. The van der Waals surface area contributed by atoms with Crippen molar-refractivity contribution < 1.29 is 4.79 Å². The maximum absolute atomic E-state index is 12.7. The number of amides is 1. The normalized spacial score (nSPS) is 19.0. The van der Waals surface area contributed by atoms with Crippen LogP contribution in [0.3, 0.4) is 0 Å². The van der Waals surface area contributed by atoms with E-state index in [-0.39, 0.29) is 5.91 Å². The van der Waals surface area contributed by atoms with Crippen molar-refractivity contribution in [3.8, 4) is 0 Å². The van der Waals surface area contributed by atoms with E-state index in [0.717, 1.165) is 38.3 Å². The third kappa shape index (κ3) is 4.06. The van der Waals surface area contributed by atoms with Gasteiger partial charge in [0.15, 0.2) is 0 Å². The fourth-order valence-electron chi connectivity index (χ4n) is 4.06. The van der Waals surface area contributed by atoms with Gasteiger partial charge in [0.25, 0.3) is 5.91 Å². The minimum absolute atomic E-state index is 0.0995. The van der Waals surface area contributed by atoms with Gasteiger partial charge in [-0.2, -0.15) is 5.10 Å². The van der Waals surface area contributed by atoms with E-state index < -0.39 is 0 Å². The van der Waals surface area contributed by atoms with E-state index in [1.165, 1.54) is 25.7 Å². The maximum atomic E-state index is 12.7. The molecule has 2 fully saturated rings. The standard InChI is InChI=1S/C20H27N5O/c26-20(17-6-7-19(21-14-17)23-18-4-1-2-5-18)24-12-8-16(9-13-24)15-25-11-3-10-22-25/h3,6-7,10-11,14,16,18H,1-2,4-5,8-9,12-13,15H2,(H,21,23). The second-order valence-electron chi connectivity index (χ2n) is 7.52. The fraction of sp³-hybridized carbons (Fsp3) is 0.550. The molecule has 4 rings (SSSR count). The van der Waals surface area contributed by atoms with Crippen molar-refractivity contribution in [1.82, 2.24) is 19.7 Å². The molecule has 6 heteroatoms. The van der Waals surface area contributed by atoms with Crippen molar-refractivity contribution in [1.29, 1.82) is 0 Å². The Bertz CT molecular complexity index is 698. The van der Waals surface area contributed by atoms with E-state index >= 15 is 0 Å². The van der Waals surface area contributed by atoms with E-state index in [1.807, 2.05) is 40.2 Å². The maximum Gasteiger partial charge on any atom is 0.255 e. The number of likely N-dealkylation sites (tertiary alicyclic amines) is 1. The number of pyridine rings is 1. The quantitative estimate of drug-likeness (QED) is 0.897. The summed E-state index contributed by atoms with van der Waals surface area (Å²) < 4.78 is 1.99. The van der Waals surface area contributed by atoms with Crippen LogP contribution in [0.25, 0.3) is 0 Å². The lowest BCUT2D eigenvalue weighted by Crippen LogP contribution is -2.39. The van der Waals surface area contributed by atoms with Crippen molar-refractivity contribution in [3.63, 3.8) is 0 Å². The highest BCUT2D eigenvalue weighted by Gasteiger charge is 2.24. The lowest BCUT2D eigenvalue weighted by Gasteiger charge is -2.32. The second-order valence-corrected chi connectivity index (χ2v) is 7.52. The second kappa shape index (κ2) is 7.89. The molecule has 2 aliphatic rings. The van der Waals surface area contributed by atoms with Gasteiger partial charge in [-0.05, 0) is 49.8 Å². The summed E-state index contributed by atoms with van der Waals surface area (Å²) in [7, 11) is 0. The van der Waals surface area contributed by atoms with Gasteiger partial charge in [0.1, 0.15) is 5.82 Å². The van der Waals surface area contributed by atoms with E-state index in [2.05, 4.69) is 15.4 Å². The molecular formula is C20H27N5O. The van der Waals surface area contributed by atoms with Crippen LogP contribution in [0, 0.1) is 5.92 Å². The lowest BCUT2D eigenvalue weighted by atomic mass is 9.96. The molecule has 2 aromatic rings. The number of rotatable bonds is 5. The number of hydrogen-bond acceptors (Lipinski definition) is 4. The molecule has 2 aromatic heterocycles. The molecule has 26 heavy (non-hydrogen) atoms. The average molecular weight is 353 g/mol. The molecule has 0 unspecified atom stereocenters. The van der Waals surface area contributed by atoms with Gasteiger partial charge in [-0.1, -0.05) is 12.8 Å². The van der Waals surface area contributed by atoms with Crippen molar-refractivity contribution in [2.75, 3.05) is 18.4 Å². The van der Waals surface area contributed by atoms with Crippen LogP contribution >= 0.6 is 0 Å². The highest BCUT2D eigenvalue weighted by molar-refractivity contribution is 5.94. The van der Waals surface area contributed by atoms with Gasteiger partial charge in [0.2, 0.25) is 0 Å². The van der Waals surface area contributed by atoms with Gasteiger partial charge in [0.05, 0.1) is 5.56 Å². The first-order valence-corrected chi connectivity index (χ1v) is 9.77. The van der Waals surface area contributed by atoms with Crippen molar-refractivity contribution in [3.05, 3.63) is 42.4 Å². The summed E-state index contributed by atoms with van der Waals surface area (Å²) in [6.45, 7) is 2.57. The lowest BCUT2D eigenvalue weighted by molar-refractivity contribution is 0.0681. The summed E-state index contributed by atoms with van der Waals surface area (Å²) in [5.74, 6) is 1.57. The van der Waals surface area contributed by atoms with Crippen LogP contribution in [0.2, 0.25) is 0 Å². The number of hydrogen-bond donors (Lipinski definition) is 1. The van der Waals surface area contributed by atoms with Gasteiger partial charge < -0.3 is 10.2 Å². The Morgan fingerprint density at radius 1 is 1.15 bits per heavy atom. The van der Waals surface area contributed by atoms with Crippen LogP contribution in [0.15, 0.2) is 36.8 Å². The molecule has 1 aliphatic heterocycles. The number of carbonyl (C=O) groups is 1. The Hall–Kier alpha value is -2.37. The van der Waals surface area contributed by atoms with Crippen LogP contribution in [0.1, 0.15) is 48.9 Å². The Morgan fingerprint density at radius 3 is 2.62 bits per heavy atom. The molecule has 1 N–H and O–H groups in total. The molecule has 0 bridgehead atoms. The minimum Gasteiger partial charge on any atom is -0.367 e. The van der Waals surface area contributed by atoms with Crippen LogP contribution in [0.4, 0.5) is 5.82 Å². The summed E-state index contributed by atoms with van der Waals surface area (Å²) in [5, 5.41) is 7.75. The first-order chi connectivity index (χ1) is 12.8. The fourth-order valence-corrected chi connectivity index (χ4v) is 4.06. The zero-order valence-electron chi connectivity index (χ0n) is 15.2. The number of aromatic nitrogens is 3. The van der Waals surface area contributed by atoms with Gasteiger partial charge in [0, 0.05) is 44.3 Å².